The number of para-hydroxylation sites is 3. The number of hydrogen-bond acceptors (Lipinski definition) is 1. The number of furan rings is 1. The lowest BCUT2D eigenvalue weighted by Gasteiger charge is -2.19. The minimum atomic E-state index is 0.913. The van der Waals surface area contributed by atoms with Crippen LogP contribution in [0.2, 0.25) is 0 Å². The highest BCUT2D eigenvalue weighted by Crippen LogP contribution is 2.45. The molecule has 0 N–H and O–H groups in total. The number of benzene rings is 9. The average Bonchev–Trinajstić information content (AvgIpc) is 3.75. The fourth-order valence-electron chi connectivity index (χ4n) is 8.51. The van der Waals surface area contributed by atoms with E-state index in [0.717, 1.165) is 27.6 Å². The summed E-state index contributed by atoms with van der Waals surface area (Å²) in [6.45, 7) is 0. The van der Waals surface area contributed by atoms with Crippen molar-refractivity contribution in [2.45, 2.75) is 0 Å². The van der Waals surface area contributed by atoms with Crippen molar-refractivity contribution in [2.24, 2.45) is 0 Å². The Morgan fingerprint density at radius 3 is 1.38 bits per heavy atom. The number of nitrogens with zero attached hydrogens (tertiary/aromatic N) is 1. The molecule has 11 aromatic rings. The van der Waals surface area contributed by atoms with E-state index in [1.807, 2.05) is 12.1 Å². The largest absolute Gasteiger partial charge is 0.456 e. The third-order valence-corrected chi connectivity index (χ3v) is 10.8. The van der Waals surface area contributed by atoms with E-state index in [2.05, 4.69) is 180 Å². The molecule has 0 bridgehead atoms. The Bertz CT molecular complexity index is 3080. The van der Waals surface area contributed by atoms with Gasteiger partial charge in [0.25, 0.3) is 0 Å². The van der Waals surface area contributed by atoms with Gasteiger partial charge in [-0.1, -0.05) is 140 Å². The van der Waals surface area contributed by atoms with E-state index in [1.54, 1.807) is 0 Å². The van der Waals surface area contributed by atoms with Gasteiger partial charge in [-0.2, -0.15) is 0 Å². The number of rotatable bonds is 4. The summed E-state index contributed by atoms with van der Waals surface area (Å²) in [5.74, 6) is 0. The van der Waals surface area contributed by atoms with Crippen molar-refractivity contribution in [1.29, 1.82) is 0 Å². The second kappa shape index (κ2) is 11.3. The summed E-state index contributed by atoms with van der Waals surface area (Å²) in [6, 6.07) is 68.1. The minimum Gasteiger partial charge on any atom is -0.456 e. The van der Waals surface area contributed by atoms with Gasteiger partial charge in [-0.05, 0) is 103 Å². The highest BCUT2D eigenvalue weighted by Gasteiger charge is 2.19. The van der Waals surface area contributed by atoms with Crippen LogP contribution in [0.5, 0.6) is 0 Å². The summed E-state index contributed by atoms with van der Waals surface area (Å²) in [4.78, 5) is 0. The summed E-state index contributed by atoms with van der Waals surface area (Å²) < 4.78 is 8.55. The molecule has 0 saturated heterocycles. The lowest BCUT2D eigenvalue weighted by atomic mass is 9.85. The third-order valence-electron chi connectivity index (χ3n) is 10.8. The molecule has 0 unspecified atom stereocenters. The smallest absolute Gasteiger partial charge is 0.135 e. The SMILES string of the molecule is c1cc(-c2ccc3oc4ccccc4c3c2)cc(-c2c3ccccc3c(-c3cccc(-n4c5ccccc5c5ccccc54)c3)c3ccccc23)c1. The van der Waals surface area contributed by atoms with Crippen molar-refractivity contribution in [3.05, 3.63) is 188 Å². The maximum Gasteiger partial charge on any atom is 0.135 e. The van der Waals surface area contributed by atoms with Crippen LogP contribution < -0.4 is 0 Å². The maximum atomic E-state index is 6.15. The molecule has 9 aromatic carbocycles. The lowest BCUT2D eigenvalue weighted by molar-refractivity contribution is 0.669. The quantitative estimate of drug-likeness (QED) is 0.172. The normalized spacial score (nSPS) is 11.8. The molecule has 0 aliphatic carbocycles. The van der Waals surface area contributed by atoms with Crippen LogP contribution in [0.1, 0.15) is 0 Å². The second-order valence-electron chi connectivity index (χ2n) is 13.7. The molecule has 11 rings (SSSR count). The molecule has 0 fully saturated rings. The summed E-state index contributed by atoms with van der Waals surface area (Å²) in [5, 5.41) is 9.79. The van der Waals surface area contributed by atoms with Crippen molar-refractivity contribution in [2.75, 3.05) is 0 Å². The second-order valence-corrected chi connectivity index (χ2v) is 13.7. The first-order valence-electron chi connectivity index (χ1n) is 17.8. The van der Waals surface area contributed by atoms with Gasteiger partial charge in [0.05, 0.1) is 11.0 Å². The van der Waals surface area contributed by atoms with Gasteiger partial charge in [0, 0.05) is 27.2 Å². The van der Waals surface area contributed by atoms with Crippen molar-refractivity contribution >= 4 is 65.3 Å². The average molecular weight is 662 g/mol. The van der Waals surface area contributed by atoms with Gasteiger partial charge in [-0.15, -0.1) is 0 Å². The number of aromatic nitrogens is 1. The summed E-state index contributed by atoms with van der Waals surface area (Å²) in [5.41, 5.74) is 12.7. The van der Waals surface area contributed by atoms with E-state index in [-0.39, 0.29) is 0 Å². The van der Waals surface area contributed by atoms with Crippen molar-refractivity contribution < 1.29 is 4.42 Å². The topological polar surface area (TPSA) is 18.1 Å². The Labute approximate surface area is 300 Å². The Hall–Kier alpha value is -6.90. The third kappa shape index (κ3) is 4.31. The molecule has 0 aliphatic heterocycles. The summed E-state index contributed by atoms with van der Waals surface area (Å²) >= 11 is 0. The lowest BCUT2D eigenvalue weighted by Crippen LogP contribution is -1.95. The van der Waals surface area contributed by atoms with E-state index in [9.17, 15) is 0 Å². The predicted octanol–water partition coefficient (Wildman–Crippen LogP) is 14.0. The van der Waals surface area contributed by atoms with E-state index in [1.165, 1.54) is 76.7 Å². The Morgan fingerprint density at radius 2 is 0.750 bits per heavy atom. The fraction of sp³-hybridized carbons (Fsp3) is 0. The Morgan fingerprint density at radius 1 is 0.288 bits per heavy atom. The molecule has 2 nitrogen and oxygen atoms in total. The predicted molar refractivity (Wildman–Crippen MR) is 219 cm³/mol. The zero-order valence-corrected chi connectivity index (χ0v) is 28.3. The van der Waals surface area contributed by atoms with Crippen molar-refractivity contribution in [3.63, 3.8) is 0 Å². The minimum absolute atomic E-state index is 0.913. The van der Waals surface area contributed by atoms with Gasteiger partial charge in [0.15, 0.2) is 0 Å². The monoisotopic (exact) mass is 661 g/mol. The van der Waals surface area contributed by atoms with Crippen LogP contribution in [0.25, 0.3) is 104 Å². The van der Waals surface area contributed by atoms with E-state index in [0.29, 0.717) is 0 Å². The molecule has 0 aliphatic rings. The van der Waals surface area contributed by atoms with Gasteiger partial charge in [-0.25, -0.2) is 0 Å². The molecule has 0 atom stereocenters. The molecule has 0 spiro atoms. The zero-order chi connectivity index (χ0) is 34.2. The Kier molecular flexibility index (Phi) is 6.28. The van der Waals surface area contributed by atoms with E-state index >= 15 is 0 Å². The first-order chi connectivity index (χ1) is 25.8. The highest BCUT2D eigenvalue weighted by molar-refractivity contribution is 6.21. The van der Waals surface area contributed by atoms with Gasteiger partial charge >= 0.3 is 0 Å². The highest BCUT2D eigenvalue weighted by atomic mass is 16.3. The molecule has 2 heteroatoms. The van der Waals surface area contributed by atoms with Crippen molar-refractivity contribution in [1.82, 2.24) is 4.57 Å². The van der Waals surface area contributed by atoms with Crippen LogP contribution >= 0.6 is 0 Å². The molecular formula is C50H31NO. The van der Waals surface area contributed by atoms with Gasteiger partial charge in [0.1, 0.15) is 11.2 Å². The first-order valence-corrected chi connectivity index (χ1v) is 17.8. The zero-order valence-electron chi connectivity index (χ0n) is 28.3. The fourth-order valence-corrected chi connectivity index (χ4v) is 8.51. The van der Waals surface area contributed by atoms with Gasteiger partial charge in [0.2, 0.25) is 0 Å². The van der Waals surface area contributed by atoms with Gasteiger partial charge < -0.3 is 8.98 Å². The van der Waals surface area contributed by atoms with Crippen LogP contribution in [0.15, 0.2) is 192 Å². The molecule has 2 aromatic heterocycles. The standard InChI is InChI=1S/C50H31NO/c1-3-22-42-40(20-1)49(34-14-11-13-32(29-34)33-27-28-48-44(31-33)39-19-7-10-26-47(39)52-48)41-21-2-4-23-43(41)50(42)35-15-12-16-36(30-35)51-45-24-8-5-17-37(45)38-18-6-9-25-46(38)51/h1-31H. The molecular weight excluding hydrogens is 631 g/mol. The first kappa shape index (κ1) is 28.9. The maximum absolute atomic E-state index is 6.15. The molecule has 0 radical (unpaired) electrons. The van der Waals surface area contributed by atoms with Crippen LogP contribution in [0.3, 0.4) is 0 Å². The van der Waals surface area contributed by atoms with E-state index < -0.39 is 0 Å². The number of fused-ring (bicyclic) bond motifs is 8. The van der Waals surface area contributed by atoms with Crippen molar-refractivity contribution in [3.8, 4) is 39.1 Å². The molecule has 2 heterocycles. The van der Waals surface area contributed by atoms with Gasteiger partial charge in [-0.3, -0.25) is 0 Å². The summed E-state index contributed by atoms with van der Waals surface area (Å²) in [6.07, 6.45) is 0. The Balaban J connectivity index is 1.12. The van der Waals surface area contributed by atoms with E-state index in [4.69, 9.17) is 4.42 Å². The van der Waals surface area contributed by atoms with Crippen LogP contribution in [-0.4, -0.2) is 4.57 Å². The van der Waals surface area contributed by atoms with Crippen LogP contribution in [-0.2, 0) is 0 Å². The molecule has 242 valence electrons. The molecule has 0 saturated carbocycles. The molecule has 52 heavy (non-hydrogen) atoms. The number of hydrogen-bond donors (Lipinski definition) is 0. The van der Waals surface area contributed by atoms with Crippen LogP contribution in [0.4, 0.5) is 0 Å². The van der Waals surface area contributed by atoms with Crippen LogP contribution in [0, 0.1) is 0 Å². The summed E-state index contributed by atoms with van der Waals surface area (Å²) in [7, 11) is 0. The molecule has 0 amide bonds.